The van der Waals surface area contributed by atoms with Crippen LogP contribution in [0.1, 0.15) is 53.2 Å². The van der Waals surface area contributed by atoms with Crippen LogP contribution in [0.15, 0.2) is 165 Å². The molecule has 3 heterocycles. The maximum atomic E-state index is 11.9. The van der Waals surface area contributed by atoms with Crippen LogP contribution in [0.2, 0.25) is 0 Å². The highest BCUT2D eigenvalue weighted by Crippen LogP contribution is 2.30. The Labute approximate surface area is 370 Å². The van der Waals surface area contributed by atoms with Crippen molar-refractivity contribution in [2.45, 2.75) is 67.0 Å². The van der Waals surface area contributed by atoms with E-state index in [1.54, 1.807) is 37.2 Å². The third kappa shape index (κ3) is 12.1. The van der Waals surface area contributed by atoms with E-state index < -0.39 is 6.09 Å². The topological polar surface area (TPSA) is 120 Å². The van der Waals surface area contributed by atoms with Gasteiger partial charge in [0, 0.05) is 62.3 Å². The molecule has 0 aliphatic rings. The number of rotatable bonds is 8. The lowest BCUT2D eigenvalue weighted by molar-refractivity contribution is 0.149. The molecule has 0 atom stereocenters. The number of hydrogen-bond donors (Lipinski definition) is 1. The van der Waals surface area contributed by atoms with Gasteiger partial charge in [0.15, 0.2) is 0 Å². The zero-order valence-electron chi connectivity index (χ0n) is 36.1. The minimum atomic E-state index is -0.406. The van der Waals surface area contributed by atoms with Gasteiger partial charge in [-0.25, -0.2) is 29.1 Å². The van der Waals surface area contributed by atoms with E-state index in [2.05, 4.69) is 139 Å². The van der Waals surface area contributed by atoms with Gasteiger partial charge < -0.3 is 9.84 Å². The first-order valence-electron chi connectivity index (χ1n) is 21.0. The molecule has 0 unspecified atom stereocenters. The van der Waals surface area contributed by atoms with Crippen molar-refractivity contribution in [2.75, 3.05) is 19.8 Å². The summed E-state index contributed by atoms with van der Waals surface area (Å²) in [7, 11) is 0. The van der Waals surface area contributed by atoms with Crippen molar-refractivity contribution in [1.82, 2.24) is 33.6 Å². The van der Waals surface area contributed by atoms with Gasteiger partial charge in [-0.05, 0) is 107 Å². The first kappa shape index (κ1) is 47.1. The second kappa shape index (κ2) is 23.3. The van der Waals surface area contributed by atoms with Gasteiger partial charge in [0.2, 0.25) is 0 Å². The van der Waals surface area contributed by atoms with Crippen molar-refractivity contribution in [1.29, 1.82) is 0 Å². The first-order chi connectivity index (χ1) is 30.2. The van der Waals surface area contributed by atoms with Gasteiger partial charge in [0.1, 0.15) is 19.0 Å². The van der Waals surface area contributed by atoms with E-state index >= 15 is 0 Å². The van der Waals surface area contributed by atoms with Crippen molar-refractivity contribution in [3.63, 3.8) is 0 Å². The van der Waals surface area contributed by atoms with Crippen molar-refractivity contribution in [2.24, 2.45) is 0 Å². The average molecular weight is 846 g/mol. The summed E-state index contributed by atoms with van der Waals surface area (Å²) in [4.78, 5) is 37.2. The molecule has 1 N–H and O–H groups in total. The van der Waals surface area contributed by atoms with Crippen LogP contribution >= 0.6 is 0 Å². The molecule has 0 aliphatic heterocycles. The van der Waals surface area contributed by atoms with Gasteiger partial charge in [-0.3, -0.25) is 14.0 Å². The van der Waals surface area contributed by atoms with Crippen molar-refractivity contribution in [3.8, 4) is 0 Å². The summed E-state index contributed by atoms with van der Waals surface area (Å²) in [5.74, 6) is 0. The van der Waals surface area contributed by atoms with Crippen molar-refractivity contribution in [3.05, 3.63) is 176 Å². The van der Waals surface area contributed by atoms with Crippen LogP contribution < -0.4 is 0 Å². The minimum Gasteiger partial charge on any atom is -0.449 e. The van der Waals surface area contributed by atoms with Crippen LogP contribution in [0, 0.1) is 0 Å². The molecule has 0 aliphatic carbocycles. The lowest BCUT2D eigenvalue weighted by Crippen LogP contribution is -2.36. The summed E-state index contributed by atoms with van der Waals surface area (Å²) in [5.41, 5.74) is 2.46. The summed E-state index contributed by atoms with van der Waals surface area (Å²) >= 11 is 0. The molecule has 0 spiro atoms. The monoisotopic (exact) mass is 845 g/mol. The van der Waals surface area contributed by atoms with Crippen LogP contribution in [0.4, 0.5) is 9.59 Å². The SMILES string of the molecule is C.CCN(C(C)C)C(C)C.O=C(OCCc1c2ccccc2cc2ccccc12)n1ccnc1.O=C(n1ccnc1)n1ccnc1.OCCc1c2ccccc2cc2ccccc12. The first-order valence-corrected chi connectivity index (χ1v) is 21.0. The molecule has 0 bridgehead atoms. The lowest BCUT2D eigenvalue weighted by atomic mass is 9.95. The number of imidazole rings is 3. The number of fused-ring (bicyclic) bond motifs is 4. The number of carbonyl (C=O) groups is 2. The van der Waals surface area contributed by atoms with E-state index in [1.807, 2.05) is 24.3 Å². The third-order valence-electron chi connectivity index (χ3n) is 10.6. The molecular formula is C52H59N7O4. The van der Waals surface area contributed by atoms with Crippen molar-refractivity contribution >= 4 is 55.2 Å². The van der Waals surface area contributed by atoms with Gasteiger partial charge in [0.05, 0.1) is 6.61 Å². The Hall–Kier alpha value is -6.95. The summed E-state index contributed by atoms with van der Waals surface area (Å²) in [6, 6.07) is 39.0. The zero-order chi connectivity index (χ0) is 43.8. The van der Waals surface area contributed by atoms with Gasteiger partial charge in [-0.15, -0.1) is 0 Å². The van der Waals surface area contributed by atoms with Gasteiger partial charge in [-0.2, -0.15) is 0 Å². The average Bonchev–Trinajstić information content (AvgIpc) is 4.13. The van der Waals surface area contributed by atoms with Crippen LogP contribution in [0.3, 0.4) is 0 Å². The Morgan fingerprint density at radius 1 is 0.587 bits per heavy atom. The van der Waals surface area contributed by atoms with Crippen LogP contribution in [0.25, 0.3) is 43.1 Å². The molecule has 0 amide bonds. The predicted molar refractivity (Wildman–Crippen MR) is 256 cm³/mol. The maximum Gasteiger partial charge on any atom is 0.419 e. The Balaban J connectivity index is 0.000000168. The molecule has 0 saturated heterocycles. The summed E-state index contributed by atoms with van der Waals surface area (Å²) in [6.07, 6.45) is 14.7. The van der Waals surface area contributed by atoms with Crippen molar-refractivity contribution < 1.29 is 19.4 Å². The molecule has 0 radical (unpaired) electrons. The number of benzene rings is 6. The fourth-order valence-electron chi connectivity index (χ4n) is 7.75. The summed E-state index contributed by atoms with van der Waals surface area (Å²) in [5, 5.41) is 19.0. The molecule has 3 aromatic heterocycles. The highest BCUT2D eigenvalue weighted by Gasteiger charge is 2.11. The number of aromatic nitrogens is 6. The second-order valence-electron chi connectivity index (χ2n) is 15.1. The largest absolute Gasteiger partial charge is 0.449 e. The molecule has 326 valence electrons. The summed E-state index contributed by atoms with van der Waals surface area (Å²) < 4.78 is 9.46. The normalized spacial score (nSPS) is 10.8. The molecule has 0 saturated carbocycles. The van der Waals surface area contributed by atoms with Gasteiger partial charge in [0.25, 0.3) is 0 Å². The summed E-state index contributed by atoms with van der Waals surface area (Å²) in [6.45, 7) is 12.8. The highest BCUT2D eigenvalue weighted by molar-refractivity contribution is 6.03. The molecular weight excluding hydrogens is 787 g/mol. The quantitative estimate of drug-likeness (QED) is 0.150. The number of carbonyl (C=O) groups excluding carboxylic acids is 2. The highest BCUT2D eigenvalue weighted by atomic mass is 16.5. The Morgan fingerprint density at radius 2 is 0.952 bits per heavy atom. The lowest BCUT2D eigenvalue weighted by Gasteiger charge is -2.28. The fraction of sp³-hybridized carbons (Fsp3) is 0.250. The van der Waals surface area contributed by atoms with Crippen LogP contribution in [-0.4, -0.2) is 82.6 Å². The maximum absolute atomic E-state index is 11.9. The standard InChI is InChI=1S/C20H16N2O2.C16H14O.C8H19N.C7H6N4O.CH4/c23-20(22-11-10-21-14-22)24-12-9-19-17-7-3-1-5-15(17)13-16-6-2-4-8-18(16)19;17-10-9-16-14-7-3-1-5-12(14)11-13-6-2-4-8-15(13)16;1-6-9(7(2)3)8(4)5;12-7(10-3-1-8-5-10)11-4-2-9-6-11;/h1-8,10-11,13-14H,9,12H2;1-8,11,17H,9-10H2;7-8H,6H2,1-5H3;1-6H;1H4. The molecule has 11 heteroatoms. The fourth-order valence-corrected chi connectivity index (χ4v) is 7.75. The van der Waals surface area contributed by atoms with E-state index in [0.717, 1.165) is 6.54 Å². The second-order valence-corrected chi connectivity index (χ2v) is 15.1. The van der Waals surface area contributed by atoms with Crippen LogP contribution in [-0.2, 0) is 17.6 Å². The van der Waals surface area contributed by atoms with E-state index in [0.29, 0.717) is 31.5 Å². The van der Waals surface area contributed by atoms with Gasteiger partial charge >= 0.3 is 12.1 Å². The predicted octanol–water partition coefficient (Wildman–Crippen LogP) is 11.3. The molecule has 9 aromatic rings. The minimum absolute atomic E-state index is 0. The molecule has 63 heavy (non-hydrogen) atoms. The van der Waals surface area contributed by atoms with E-state index in [4.69, 9.17) is 4.74 Å². The molecule has 0 fully saturated rings. The van der Waals surface area contributed by atoms with Crippen LogP contribution in [0.5, 0.6) is 0 Å². The number of nitrogens with zero attached hydrogens (tertiary/aromatic N) is 7. The number of aliphatic hydroxyl groups excluding tert-OH is 1. The number of hydrogen-bond acceptors (Lipinski definition) is 8. The Kier molecular flexibility index (Phi) is 17.4. The van der Waals surface area contributed by atoms with E-state index in [1.165, 1.54) is 86.9 Å². The zero-order valence-corrected chi connectivity index (χ0v) is 36.1. The number of aliphatic hydroxyl groups is 1. The smallest absolute Gasteiger partial charge is 0.419 e. The molecule has 11 nitrogen and oxygen atoms in total. The Bertz CT molecular complexity index is 2630. The Morgan fingerprint density at radius 3 is 1.27 bits per heavy atom. The third-order valence-corrected chi connectivity index (χ3v) is 10.6. The molecule has 6 aromatic carbocycles. The molecule has 9 rings (SSSR count). The van der Waals surface area contributed by atoms with Gasteiger partial charge in [-0.1, -0.05) is 111 Å². The number of ether oxygens (including phenoxy) is 1. The van der Waals surface area contributed by atoms with E-state index in [9.17, 15) is 14.7 Å². The van der Waals surface area contributed by atoms with E-state index in [-0.39, 0.29) is 20.1 Å².